The molecule has 0 radical (unpaired) electrons. The molecule has 2 atom stereocenters. The van der Waals surface area contributed by atoms with E-state index in [1.807, 2.05) is 7.05 Å². The zero-order chi connectivity index (χ0) is 13.8. The summed E-state index contributed by atoms with van der Waals surface area (Å²) in [6, 6.07) is 9.61. The third-order valence-electron chi connectivity index (χ3n) is 3.89. The van der Waals surface area contributed by atoms with E-state index in [-0.39, 0.29) is 0 Å². The Morgan fingerprint density at radius 3 is 2.79 bits per heavy atom. The maximum atomic E-state index is 3.70. The molecule has 3 nitrogen and oxygen atoms in total. The van der Waals surface area contributed by atoms with Gasteiger partial charge in [0.2, 0.25) is 0 Å². The molecular formula is C15H24BrN3. The van der Waals surface area contributed by atoms with Crippen molar-refractivity contribution in [2.75, 3.05) is 38.6 Å². The van der Waals surface area contributed by atoms with E-state index in [1.165, 1.54) is 23.1 Å². The highest BCUT2D eigenvalue weighted by molar-refractivity contribution is 9.10. The van der Waals surface area contributed by atoms with Crippen LogP contribution in [0.5, 0.6) is 0 Å². The highest BCUT2D eigenvalue weighted by Gasteiger charge is 2.28. The Morgan fingerprint density at radius 2 is 2.11 bits per heavy atom. The standard InChI is InChI=1S/C15H24BrN3/c1-12-8-9-18(3)11-13(10-17-2)19(12)15-7-5-4-6-14(15)16/h4-7,12-13,17H,8-11H2,1-3H3. The number of anilines is 1. The first-order valence-electron chi connectivity index (χ1n) is 6.99. The van der Waals surface area contributed by atoms with Gasteiger partial charge in [-0.1, -0.05) is 12.1 Å². The van der Waals surface area contributed by atoms with Crippen molar-refractivity contribution >= 4 is 21.6 Å². The Hall–Kier alpha value is -0.580. The molecule has 1 fully saturated rings. The van der Waals surface area contributed by atoms with Gasteiger partial charge >= 0.3 is 0 Å². The number of nitrogens with zero attached hydrogens (tertiary/aromatic N) is 2. The van der Waals surface area contributed by atoms with Crippen molar-refractivity contribution in [1.29, 1.82) is 0 Å². The second-order valence-electron chi connectivity index (χ2n) is 5.47. The van der Waals surface area contributed by atoms with E-state index >= 15 is 0 Å². The number of likely N-dealkylation sites (N-methyl/N-ethyl adjacent to an activating group) is 2. The van der Waals surface area contributed by atoms with Crippen molar-refractivity contribution in [3.63, 3.8) is 0 Å². The number of para-hydroxylation sites is 1. The molecule has 1 aromatic rings. The van der Waals surface area contributed by atoms with Gasteiger partial charge < -0.3 is 15.1 Å². The van der Waals surface area contributed by atoms with Crippen LogP contribution >= 0.6 is 15.9 Å². The lowest BCUT2D eigenvalue weighted by Crippen LogP contribution is -2.49. The first-order valence-corrected chi connectivity index (χ1v) is 7.78. The van der Waals surface area contributed by atoms with E-state index in [4.69, 9.17) is 0 Å². The minimum absolute atomic E-state index is 0.506. The normalized spacial score (nSPS) is 25.4. The number of hydrogen-bond donors (Lipinski definition) is 1. The van der Waals surface area contributed by atoms with Crippen LogP contribution in [-0.4, -0.2) is 50.7 Å². The lowest BCUT2D eigenvalue weighted by molar-refractivity contribution is 0.328. The molecule has 0 amide bonds. The molecule has 1 heterocycles. The van der Waals surface area contributed by atoms with Crippen LogP contribution < -0.4 is 10.2 Å². The fourth-order valence-corrected chi connectivity index (χ4v) is 3.43. The molecule has 2 unspecified atom stereocenters. The van der Waals surface area contributed by atoms with Crippen molar-refractivity contribution in [2.45, 2.75) is 25.4 Å². The molecule has 1 aliphatic heterocycles. The summed E-state index contributed by atoms with van der Waals surface area (Å²) < 4.78 is 1.19. The third kappa shape index (κ3) is 3.50. The molecule has 4 heteroatoms. The SMILES string of the molecule is CNCC1CN(C)CCC(C)N1c1ccccc1Br. The predicted octanol–water partition coefficient (Wildman–Crippen LogP) is 2.57. The van der Waals surface area contributed by atoms with Crippen LogP contribution in [0.1, 0.15) is 13.3 Å². The molecule has 106 valence electrons. The van der Waals surface area contributed by atoms with Gasteiger partial charge in [0.15, 0.2) is 0 Å². The van der Waals surface area contributed by atoms with E-state index < -0.39 is 0 Å². The fraction of sp³-hybridized carbons (Fsp3) is 0.600. The van der Waals surface area contributed by atoms with Gasteiger partial charge in [-0.15, -0.1) is 0 Å². The van der Waals surface area contributed by atoms with E-state index in [0.29, 0.717) is 12.1 Å². The lowest BCUT2D eigenvalue weighted by atomic mass is 10.1. The summed E-state index contributed by atoms with van der Waals surface area (Å²) >= 11 is 3.70. The van der Waals surface area contributed by atoms with Gasteiger partial charge in [0.25, 0.3) is 0 Å². The maximum Gasteiger partial charge on any atom is 0.0544 e. The average molecular weight is 326 g/mol. The molecule has 19 heavy (non-hydrogen) atoms. The van der Waals surface area contributed by atoms with Gasteiger partial charge in [-0.2, -0.15) is 0 Å². The summed E-state index contributed by atoms with van der Waals surface area (Å²) in [7, 11) is 4.26. The topological polar surface area (TPSA) is 18.5 Å². The van der Waals surface area contributed by atoms with E-state index in [1.54, 1.807) is 0 Å². The van der Waals surface area contributed by atoms with Crippen LogP contribution in [0.3, 0.4) is 0 Å². The van der Waals surface area contributed by atoms with Gasteiger partial charge in [-0.25, -0.2) is 0 Å². The molecule has 0 aliphatic carbocycles. The first kappa shape index (κ1) is 14.8. The molecular weight excluding hydrogens is 302 g/mol. The molecule has 0 aromatic heterocycles. The van der Waals surface area contributed by atoms with Crippen LogP contribution in [0.15, 0.2) is 28.7 Å². The minimum atomic E-state index is 0.506. The van der Waals surface area contributed by atoms with Gasteiger partial charge in [0.1, 0.15) is 0 Å². The lowest BCUT2D eigenvalue weighted by Gasteiger charge is -2.37. The summed E-state index contributed by atoms with van der Waals surface area (Å²) in [5.41, 5.74) is 1.31. The number of halogens is 1. The van der Waals surface area contributed by atoms with Crippen LogP contribution in [0.4, 0.5) is 5.69 Å². The summed E-state index contributed by atoms with van der Waals surface area (Å²) in [5, 5.41) is 3.34. The maximum absolute atomic E-state index is 3.70. The molecule has 1 aromatic carbocycles. The Kier molecular flexibility index (Phi) is 5.25. The van der Waals surface area contributed by atoms with Crippen molar-refractivity contribution in [3.05, 3.63) is 28.7 Å². The first-order chi connectivity index (χ1) is 9.13. The monoisotopic (exact) mass is 325 g/mol. The van der Waals surface area contributed by atoms with Gasteiger partial charge in [-0.05, 0) is 62.0 Å². The number of nitrogens with one attached hydrogen (secondary N) is 1. The molecule has 0 bridgehead atoms. The van der Waals surface area contributed by atoms with E-state index in [0.717, 1.165) is 13.1 Å². The van der Waals surface area contributed by atoms with Crippen LogP contribution in [0.25, 0.3) is 0 Å². The van der Waals surface area contributed by atoms with Crippen molar-refractivity contribution < 1.29 is 0 Å². The Bertz CT molecular complexity index is 410. The zero-order valence-electron chi connectivity index (χ0n) is 12.1. The molecule has 0 spiro atoms. The van der Waals surface area contributed by atoms with Crippen LogP contribution in [0.2, 0.25) is 0 Å². The summed E-state index contributed by atoms with van der Waals surface area (Å²) in [6.45, 7) is 5.62. The van der Waals surface area contributed by atoms with Crippen LogP contribution in [-0.2, 0) is 0 Å². The molecule has 1 N–H and O–H groups in total. The number of benzene rings is 1. The smallest absolute Gasteiger partial charge is 0.0544 e. The Morgan fingerprint density at radius 1 is 1.37 bits per heavy atom. The number of hydrogen-bond acceptors (Lipinski definition) is 3. The molecule has 1 saturated heterocycles. The molecule has 0 saturated carbocycles. The summed E-state index contributed by atoms with van der Waals surface area (Å²) in [4.78, 5) is 5.01. The second kappa shape index (κ2) is 6.73. The Labute approximate surface area is 125 Å². The fourth-order valence-electron chi connectivity index (χ4n) is 2.94. The van der Waals surface area contributed by atoms with E-state index in [2.05, 4.69) is 69.3 Å². The predicted molar refractivity (Wildman–Crippen MR) is 85.9 cm³/mol. The third-order valence-corrected chi connectivity index (χ3v) is 4.56. The van der Waals surface area contributed by atoms with Crippen molar-refractivity contribution in [3.8, 4) is 0 Å². The minimum Gasteiger partial charge on any atom is -0.362 e. The van der Waals surface area contributed by atoms with Crippen molar-refractivity contribution in [2.24, 2.45) is 0 Å². The highest BCUT2D eigenvalue weighted by atomic mass is 79.9. The number of rotatable bonds is 3. The van der Waals surface area contributed by atoms with E-state index in [9.17, 15) is 0 Å². The second-order valence-corrected chi connectivity index (χ2v) is 6.32. The summed E-state index contributed by atoms with van der Waals surface area (Å²) in [6.07, 6.45) is 1.21. The molecule has 1 aliphatic rings. The van der Waals surface area contributed by atoms with Gasteiger partial charge in [0, 0.05) is 23.6 Å². The summed E-state index contributed by atoms with van der Waals surface area (Å²) in [5.74, 6) is 0. The highest BCUT2D eigenvalue weighted by Crippen LogP contribution is 2.31. The Balaban J connectivity index is 2.33. The average Bonchev–Trinajstić information content (AvgIpc) is 2.51. The largest absolute Gasteiger partial charge is 0.362 e. The molecule has 2 rings (SSSR count). The zero-order valence-corrected chi connectivity index (χ0v) is 13.7. The van der Waals surface area contributed by atoms with Crippen LogP contribution in [0, 0.1) is 0 Å². The quantitative estimate of drug-likeness (QED) is 0.921. The van der Waals surface area contributed by atoms with Gasteiger partial charge in [-0.3, -0.25) is 0 Å². The van der Waals surface area contributed by atoms with Crippen molar-refractivity contribution in [1.82, 2.24) is 10.2 Å². The van der Waals surface area contributed by atoms with Gasteiger partial charge in [0.05, 0.1) is 11.7 Å².